The van der Waals surface area contributed by atoms with Gasteiger partial charge in [0.1, 0.15) is 0 Å². The molecule has 32 valence electrons. The van der Waals surface area contributed by atoms with Gasteiger partial charge < -0.3 is 4.52 Å². The molecule has 2 atom stereocenters. The molecule has 0 rings (SSSR count). The summed E-state index contributed by atoms with van der Waals surface area (Å²) in [5.41, 5.74) is 0. The molecule has 0 heterocycles. The van der Waals surface area contributed by atoms with E-state index in [9.17, 15) is 0 Å². The quantitative estimate of drug-likeness (QED) is 0.487. The predicted octanol–water partition coefficient (Wildman–Crippen LogP) is 1.61. The lowest BCUT2D eigenvalue weighted by Crippen LogP contribution is -1.50. The minimum Gasteiger partial charge on any atom is -0.355 e. The van der Waals surface area contributed by atoms with Gasteiger partial charge in [-0.15, -0.1) is 0 Å². The highest BCUT2D eigenvalue weighted by atomic mass is 32.4. The fourth-order valence-corrected chi connectivity index (χ4v) is 0. The van der Waals surface area contributed by atoms with E-state index in [-0.39, 0.29) is 7.53 Å². The Morgan fingerprint density at radius 3 is 1.80 bits per heavy atom. The van der Waals surface area contributed by atoms with Crippen LogP contribution >= 0.6 is 25.4 Å². The summed E-state index contributed by atoms with van der Waals surface area (Å²) in [6, 6.07) is 0. The minimum absolute atomic E-state index is 0.265. The number of hydrogen-bond donors (Lipinski definition) is 0. The highest BCUT2D eigenvalue weighted by Gasteiger charge is 1.78. The smallest absolute Gasteiger partial charge is 0.0635 e. The van der Waals surface area contributed by atoms with Crippen molar-refractivity contribution in [3.63, 3.8) is 0 Å². The van der Waals surface area contributed by atoms with Crippen LogP contribution in [0.15, 0.2) is 0 Å². The first-order valence-corrected chi connectivity index (χ1v) is 5.60. The Morgan fingerprint density at radius 2 is 1.80 bits per heavy atom. The molecule has 0 aliphatic heterocycles. The van der Waals surface area contributed by atoms with E-state index in [1.165, 1.54) is 0 Å². The molecule has 0 amide bonds. The van der Waals surface area contributed by atoms with Gasteiger partial charge in [-0.1, -0.05) is 17.9 Å². The molecule has 0 saturated carbocycles. The van der Waals surface area contributed by atoms with E-state index in [1.807, 2.05) is 0 Å². The monoisotopic (exact) mass is 128 g/mol. The van der Waals surface area contributed by atoms with Crippen molar-refractivity contribution in [1.82, 2.24) is 0 Å². The Hall–Kier alpha value is 1.25. The van der Waals surface area contributed by atoms with Crippen LogP contribution in [0.25, 0.3) is 0 Å². The minimum atomic E-state index is -0.265. The SMILES string of the molecule is COP(P)P. The summed E-state index contributed by atoms with van der Waals surface area (Å²) < 4.78 is 4.74. The molecule has 0 aromatic heterocycles. The molecule has 0 saturated heterocycles. The first kappa shape index (κ1) is 6.25. The summed E-state index contributed by atoms with van der Waals surface area (Å²) in [6.07, 6.45) is 0. The summed E-state index contributed by atoms with van der Waals surface area (Å²) in [7, 11) is 6.50. The first-order chi connectivity index (χ1) is 2.27. The molecule has 0 aromatic rings. The summed E-state index contributed by atoms with van der Waals surface area (Å²) in [5, 5.41) is 0. The lowest BCUT2D eigenvalue weighted by Gasteiger charge is -1.94. The largest absolute Gasteiger partial charge is 0.355 e. The van der Waals surface area contributed by atoms with E-state index in [0.717, 1.165) is 0 Å². The van der Waals surface area contributed by atoms with Gasteiger partial charge in [-0.25, -0.2) is 0 Å². The summed E-state index contributed by atoms with van der Waals surface area (Å²) >= 11 is 0. The van der Waals surface area contributed by atoms with Crippen molar-refractivity contribution in [2.75, 3.05) is 7.11 Å². The summed E-state index contributed by atoms with van der Waals surface area (Å²) in [4.78, 5) is 0. The fraction of sp³-hybridized carbons (Fsp3) is 1.00. The third-order valence-corrected chi connectivity index (χ3v) is 1.90. The highest BCUT2D eigenvalue weighted by Crippen LogP contribution is 2.52. The molecule has 1 nitrogen and oxygen atoms in total. The van der Waals surface area contributed by atoms with E-state index >= 15 is 0 Å². The van der Waals surface area contributed by atoms with Gasteiger partial charge in [-0.05, 0) is 0 Å². The van der Waals surface area contributed by atoms with Crippen LogP contribution in [0.2, 0.25) is 0 Å². The fourth-order valence-electron chi connectivity index (χ4n) is 0. The molecule has 0 bridgehead atoms. The van der Waals surface area contributed by atoms with Crippen LogP contribution in [-0.2, 0) is 4.52 Å². The molecule has 2 unspecified atom stereocenters. The average Bonchev–Trinajstić information content (AvgIpc) is 1.38. The van der Waals surface area contributed by atoms with Gasteiger partial charge in [0.2, 0.25) is 0 Å². The van der Waals surface area contributed by atoms with Gasteiger partial charge in [0.25, 0.3) is 0 Å². The van der Waals surface area contributed by atoms with Gasteiger partial charge in [-0.2, -0.15) is 0 Å². The van der Waals surface area contributed by atoms with Gasteiger partial charge in [0, 0.05) is 7.11 Å². The van der Waals surface area contributed by atoms with Crippen molar-refractivity contribution < 1.29 is 4.52 Å². The van der Waals surface area contributed by atoms with E-state index in [1.54, 1.807) is 7.11 Å². The number of hydrogen-bond acceptors (Lipinski definition) is 1. The number of rotatable bonds is 1. The van der Waals surface area contributed by atoms with Crippen molar-refractivity contribution in [3.05, 3.63) is 0 Å². The zero-order valence-corrected chi connectivity index (χ0v) is 6.21. The maximum Gasteiger partial charge on any atom is 0.0635 e. The van der Waals surface area contributed by atoms with Crippen molar-refractivity contribution in [2.24, 2.45) is 0 Å². The maximum atomic E-state index is 4.74. The Bertz CT molecular complexity index is 20.9. The van der Waals surface area contributed by atoms with Crippen molar-refractivity contribution in [2.45, 2.75) is 0 Å². The van der Waals surface area contributed by atoms with Crippen molar-refractivity contribution >= 4 is 25.4 Å². The second-order valence-electron chi connectivity index (χ2n) is 0.542. The second kappa shape index (κ2) is 3.44. The summed E-state index contributed by atoms with van der Waals surface area (Å²) in [5.74, 6) is 0. The van der Waals surface area contributed by atoms with Crippen molar-refractivity contribution in [1.29, 1.82) is 0 Å². The second-order valence-corrected chi connectivity index (χ2v) is 6.47. The molecule has 0 radical (unpaired) electrons. The molecule has 0 aliphatic carbocycles. The lowest BCUT2D eigenvalue weighted by atomic mass is 11.8. The molecule has 5 heavy (non-hydrogen) atoms. The average molecular weight is 128 g/mol. The maximum absolute atomic E-state index is 4.74. The van der Waals surface area contributed by atoms with Crippen LogP contribution in [0.1, 0.15) is 0 Å². The predicted molar refractivity (Wildman–Crippen MR) is 33.3 cm³/mol. The van der Waals surface area contributed by atoms with Crippen LogP contribution in [0.3, 0.4) is 0 Å². The molecule has 0 aromatic carbocycles. The third kappa shape index (κ3) is 5.25. The zero-order chi connectivity index (χ0) is 4.28. The standard InChI is InChI=1S/CH7OP3/c1-2-5(3)4/h3-4H2,1H3. The van der Waals surface area contributed by atoms with Crippen LogP contribution < -0.4 is 0 Å². The molecule has 4 heteroatoms. The Kier molecular flexibility index (Phi) is 4.30. The molecular formula is CH7OP3. The molecule has 0 aliphatic rings. The van der Waals surface area contributed by atoms with Gasteiger partial charge in [0.15, 0.2) is 0 Å². The van der Waals surface area contributed by atoms with Crippen LogP contribution in [0.4, 0.5) is 0 Å². The molecule has 0 N–H and O–H groups in total. The van der Waals surface area contributed by atoms with Crippen molar-refractivity contribution in [3.8, 4) is 0 Å². The van der Waals surface area contributed by atoms with E-state index < -0.39 is 0 Å². The highest BCUT2D eigenvalue weighted by molar-refractivity contribution is 8.41. The Morgan fingerprint density at radius 1 is 1.60 bits per heavy atom. The molecule has 0 fully saturated rings. The van der Waals surface area contributed by atoms with E-state index in [0.29, 0.717) is 0 Å². The lowest BCUT2D eigenvalue weighted by molar-refractivity contribution is 0.482. The topological polar surface area (TPSA) is 9.23 Å². The van der Waals surface area contributed by atoms with Gasteiger partial charge in [0.05, 0.1) is 7.53 Å². The third-order valence-electron chi connectivity index (χ3n) is 0.211. The zero-order valence-electron chi connectivity index (χ0n) is 3.01. The van der Waals surface area contributed by atoms with Crippen LogP contribution in [0.5, 0.6) is 0 Å². The first-order valence-electron chi connectivity index (χ1n) is 1.11. The summed E-state index contributed by atoms with van der Waals surface area (Å²) in [6.45, 7) is 0. The Labute approximate surface area is 37.9 Å². The molecular weight excluding hydrogens is 121 g/mol. The van der Waals surface area contributed by atoms with Crippen LogP contribution in [-0.4, -0.2) is 7.11 Å². The normalized spacial score (nSPS) is 9.60. The van der Waals surface area contributed by atoms with Gasteiger partial charge >= 0.3 is 0 Å². The van der Waals surface area contributed by atoms with Gasteiger partial charge in [-0.3, -0.25) is 0 Å². The molecule has 0 spiro atoms. The van der Waals surface area contributed by atoms with E-state index in [4.69, 9.17) is 4.52 Å². The van der Waals surface area contributed by atoms with Crippen LogP contribution in [0, 0.1) is 0 Å². The van der Waals surface area contributed by atoms with E-state index in [2.05, 4.69) is 17.9 Å². The Balaban J connectivity index is 2.54.